The van der Waals surface area contributed by atoms with Crippen LogP contribution in [0.2, 0.25) is 0 Å². The molecule has 0 rings (SSSR count). The van der Waals surface area contributed by atoms with Crippen molar-refractivity contribution in [2.45, 2.75) is 47.0 Å². The summed E-state index contributed by atoms with van der Waals surface area (Å²) >= 11 is 0. The van der Waals surface area contributed by atoms with Gasteiger partial charge in [-0.15, -0.1) is 0 Å². The van der Waals surface area contributed by atoms with Crippen molar-refractivity contribution in [1.82, 2.24) is 0 Å². The van der Waals surface area contributed by atoms with E-state index in [2.05, 4.69) is 13.5 Å². The Morgan fingerprint density at radius 1 is 1.27 bits per heavy atom. The highest BCUT2D eigenvalue weighted by Crippen LogP contribution is 1.99. The highest BCUT2D eigenvalue weighted by molar-refractivity contribution is 4.78. The Bertz CT molecular complexity index is 76.9. The molecule has 0 aliphatic rings. The van der Waals surface area contributed by atoms with Crippen LogP contribution in [0.3, 0.4) is 0 Å². The smallest absolute Gasteiger partial charge is 0.0885 e. The van der Waals surface area contributed by atoms with Gasteiger partial charge in [0.25, 0.3) is 0 Å². The molecule has 0 aromatic carbocycles. The summed E-state index contributed by atoms with van der Waals surface area (Å²) in [5.74, 6) is 0.906. The van der Waals surface area contributed by atoms with E-state index in [-0.39, 0.29) is 0 Å². The normalized spacial score (nSPS) is 8.00. The average Bonchev–Trinajstić information content (AvgIpc) is 2.08. The minimum absolute atomic E-state index is 0.836. The van der Waals surface area contributed by atoms with E-state index in [4.69, 9.17) is 4.74 Å². The second-order valence-corrected chi connectivity index (χ2v) is 2.09. The molecule has 0 amide bonds. The fraction of sp³-hybridized carbons (Fsp3) is 0.800. The number of ether oxygens (including phenoxy) is 1. The maximum atomic E-state index is 5.24. The molecule has 11 heavy (non-hydrogen) atoms. The van der Waals surface area contributed by atoms with E-state index in [9.17, 15) is 0 Å². The molecule has 0 aromatic rings. The lowest BCUT2D eigenvalue weighted by Gasteiger charge is -2.04. The molecular formula is C10H22O. The van der Waals surface area contributed by atoms with Crippen molar-refractivity contribution in [3.05, 3.63) is 12.3 Å². The van der Waals surface area contributed by atoms with Gasteiger partial charge < -0.3 is 4.74 Å². The van der Waals surface area contributed by atoms with Crippen LogP contribution in [0.1, 0.15) is 47.0 Å². The van der Waals surface area contributed by atoms with Gasteiger partial charge in [-0.2, -0.15) is 0 Å². The van der Waals surface area contributed by atoms with Gasteiger partial charge in [0, 0.05) is 6.42 Å². The molecule has 0 aliphatic carbocycles. The van der Waals surface area contributed by atoms with Crippen LogP contribution < -0.4 is 0 Å². The van der Waals surface area contributed by atoms with E-state index < -0.39 is 0 Å². The first-order chi connectivity index (χ1) is 5.31. The van der Waals surface area contributed by atoms with Gasteiger partial charge in [0.15, 0.2) is 0 Å². The lowest BCUT2D eigenvalue weighted by atomic mass is 10.3. The van der Waals surface area contributed by atoms with E-state index in [1.165, 1.54) is 6.42 Å². The molecule has 1 heteroatoms. The molecule has 0 aromatic heterocycles. The molecule has 0 spiro atoms. The maximum Gasteiger partial charge on any atom is 0.0885 e. The third-order valence-corrected chi connectivity index (χ3v) is 1.20. The number of hydrogen-bond donors (Lipinski definition) is 0. The average molecular weight is 158 g/mol. The first-order valence-electron chi connectivity index (χ1n) is 4.61. The predicted octanol–water partition coefficient (Wildman–Crippen LogP) is 3.75. The van der Waals surface area contributed by atoms with E-state index >= 15 is 0 Å². The highest BCUT2D eigenvalue weighted by Gasteiger charge is 1.87. The van der Waals surface area contributed by atoms with Gasteiger partial charge in [0.05, 0.1) is 12.4 Å². The summed E-state index contributed by atoms with van der Waals surface area (Å²) in [7, 11) is 0. The Morgan fingerprint density at radius 2 is 1.82 bits per heavy atom. The largest absolute Gasteiger partial charge is 0.499 e. The Labute approximate surface area is 71.5 Å². The van der Waals surface area contributed by atoms with Crippen LogP contribution >= 0.6 is 0 Å². The van der Waals surface area contributed by atoms with E-state index in [1.807, 2.05) is 20.8 Å². The summed E-state index contributed by atoms with van der Waals surface area (Å²) in [6.45, 7) is 12.8. The first kappa shape index (κ1) is 13.2. The minimum Gasteiger partial charge on any atom is -0.499 e. The second kappa shape index (κ2) is 12.2. The number of rotatable bonds is 5. The molecular weight excluding hydrogens is 136 g/mol. The third kappa shape index (κ3) is 12.7. The summed E-state index contributed by atoms with van der Waals surface area (Å²) < 4.78 is 5.24. The van der Waals surface area contributed by atoms with Gasteiger partial charge >= 0.3 is 0 Å². The summed E-state index contributed by atoms with van der Waals surface area (Å²) in [6.07, 6.45) is 3.26. The lowest BCUT2D eigenvalue weighted by Crippen LogP contribution is -1.91. The standard InChI is InChI=1S/C8H16O.C2H6/c1-4-6-7-9-8(3)5-2;1-2/h3-7H2,1-2H3;1-2H3. The monoisotopic (exact) mass is 158 g/mol. The van der Waals surface area contributed by atoms with Crippen molar-refractivity contribution in [2.24, 2.45) is 0 Å². The Kier molecular flexibility index (Phi) is 14.6. The molecule has 0 N–H and O–H groups in total. The van der Waals surface area contributed by atoms with E-state index in [0.29, 0.717) is 0 Å². The summed E-state index contributed by atoms with van der Waals surface area (Å²) in [5.41, 5.74) is 0. The molecule has 0 fully saturated rings. The summed E-state index contributed by atoms with van der Waals surface area (Å²) in [4.78, 5) is 0. The number of unbranched alkanes of at least 4 members (excludes halogenated alkanes) is 1. The van der Waals surface area contributed by atoms with Crippen LogP contribution in [-0.2, 0) is 4.74 Å². The molecule has 68 valence electrons. The van der Waals surface area contributed by atoms with Gasteiger partial charge in [-0.3, -0.25) is 0 Å². The van der Waals surface area contributed by atoms with Crippen molar-refractivity contribution >= 4 is 0 Å². The first-order valence-corrected chi connectivity index (χ1v) is 4.61. The molecule has 0 bridgehead atoms. The molecule has 0 heterocycles. The number of hydrogen-bond acceptors (Lipinski definition) is 1. The molecule has 0 aliphatic heterocycles. The van der Waals surface area contributed by atoms with E-state index in [1.54, 1.807) is 0 Å². The summed E-state index contributed by atoms with van der Waals surface area (Å²) in [5, 5.41) is 0. The van der Waals surface area contributed by atoms with Gasteiger partial charge in [0.2, 0.25) is 0 Å². The van der Waals surface area contributed by atoms with Crippen LogP contribution in [0.5, 0.6) is 0 Å². The van der Waals surface area contributed by atoms with E-state index in [0.717, 1.165) is 25.2 Å². The van der Waals surface area contributed by atoms with Crippen molar-refractivity contribution < 1.29 is 4.74 Å². The SMILES string of the molecule is C=C(CC)OCCCC.CC. The van der Waals surface area contributed by atoms with Crippen LogP contribution in [0, 0.1) is 0 Å². The summed E-state index contributed by atoms with van der Waals surface area (Å²) in [6, 6.07) is 0. The zero-order valence-electron chi connectivity index (χ0n) is 8.44. The van der Waals surface area contributed by atoms with Crippen molar-refractivity contribution in [2.75, 3.05) is 6.61 Å². The molecule has 0 saturated heterocycles. The van der Waals surface area contributed by atoms with Gasteiger partial charge in [0.1, 0.15) is 0 Å². The van der Waals surface area contributed by atoms with Crippen LogP contribution in [0.15, 0.2) is 12.3 Å². The van der Waals surface area contributed by atoms with Crippen molar-refractivity contribution in [1.29, 1.82) is 0 Å². The van der Waals surface area contributed by atoms with Gasteiger partial charge in [-0.25, -0.2) is 0 Å². The molecule has 0 saturated carbocycles. The Morgan fingerprint density at radius 3 is 2.18 bits per heavy atom. The molecule has 0 radical (unpaired) electrons. The van der Waals surface area contributed by atoms with Crippen molar-refractivity contribution in [3.63, 3.8) is 0 Å². The van der Waals surface area contributed by atoms with Gasteiger partial charge in [-0.05, 0) is 6.42 Å². The second-order valence-electron chi connectivity index (χ2n) is 2.09. The minimum atomic E-state index is 0.836. The van der Waals surface area contributed by atoms with Crippen LogP contribution in [0.4, 0.5) is 0 Å². The predicted molar refractivity (Wildman–Crippen MR) is 51.6 cm³/mol. The highest BCUT2D eigenvalue weighted by atomic mass is 16.5. The molecule has 1 nitrogen and oxygen atoms in total. The fourth-order valence-electron chi connectivity index (χ4n) is 0.463. The maximum absolute atomic E-state index is 5.24. The fourth-order valence-corrected chi connectivity index (χ4v) is 0.463. The van der Waals surface area contributed by atoms with Crippen LogP contribution in [0.25, 0.3) is 0 Å². The molecule has 0 unspecified atom stereocenters. The zero-order valence-corrected chi connectivity index (χ0v) is 8.44. The topological polar surface area (TPSA) is 9.23 Å². The quantitative estimate of drug-likeness (QED) is 0.437. The third-order valence-electron chi connectivity index (χ3n) is 1.20. The zero-order chi connectivity index (χ0) is 9.11. The Hall–Kier alpha value is -0.460. The van der Waals surface area contributed by atoms with Crippen LogP contribution in [-0.4, -0.2) is 6.61 Å². The van der Waals surface area contributed by atoms with Crippen molar-refractivity contribution in [3.8, 4) is 0 Å². The Balaban J connectivity index is 0. The lowest BCUT2D eigenvalue weighted by molar-refractivity contribution is 0.201. The number of allylic oxidation sites excluding steroid dienone is 1. The molecule has 0 atom stereocenters. The van der Waals surface area contributed by atoms with Gasteiger partial charge in [-0.1, -0.05) is 40.7 Å².